The summed E-state index contributed by atoms with van der Waals surface area (Å²) >= 11 is 11.6. The second-order valence-corrected chi connectivity index (χ2v) is 4.26. The molecular weight excluding hydrogens is 201 g/mol. The average molecular weight is 214 g/mol. The monoisotopic (exact) mass is 213 g/mol. The van der Waals surface area contributed by atoms with Gasteiger partial charge in [0.2, 0.25) is 0 Å². The van der Waals surface area contributed by atoms with Crippen LogP contribution in [0.15, 0.2) is 0 Å². The Morgan fingerprint density at radius 2 is 2.17 bits per heavy atom. The van der Waals surface area contributed by atoms with Crippen molar-refractivity contribution >= 4 is 29.2 Å². The largest absolute Gasteiger partial charge is 0.481 e. The number of hydrogen-bond acceptors (Lipinski definition) is 2. The molecular formula is C7H13Cl2NO2. The van der Waals surface area contributed by atoms with Crippen LogP contribution in [0.25, 0.3) is 0 Å². The maximum atomic E-state index is 10.3. The molecule has 1 atom stereocenters. The molecule has 0 bridgehead atoms. The topological polar surface area (TPSA) is 63.3 Å². The number of carbonyl (C=O) groups is 1. The first kappa shape index (κ1) is 12.0. The molecule has 72 valence electrons. The standard InChI is InChI=1S/C7H13Cl2NO2/c1-2-3-7(8,9)5(10)4-6(11)12/h5H,2-4,10H2,1H3,(H,11,12). The third-order valence-electron chi connectivity index (χ3n) is 1.52. The molecule has 0 amide bonds. The molecule has 12 heavy (non-hydrogen) atoms. The molecule has 0 aromatic heterocycles. The zero-order valence-corrected chi connectivity index (χ0v) is 8.40. The molecule has 0 heterocycles. The molecule has 0 rings (SSSR count). The van der Waals surface area contributed by atoms with Gasteiger partial charge in [0.15, 0.2) is 0 Å². The van der Waals surface area contributed by atoms with E-state index in [2.05, 4.69) is 0 Å². The normalized spacial score (nSPS) is 14.3. The van der Waals surface area contributed by atoms with E-state index in [0.29, 0.717) is 6.42 Å². The van der Waals surface area contributed by atoms with Gasteiger partial charge in [-0.05, 0) is 6.42 Å². The summed E-state index contributed by atoms with van der Waals surface area (Å²) in [6, 6.07) is -0.710. The highest BCUT2D eigenvalue weighted by atomic mass is 35.5. The van der Waals surface area contributed by atoms with Crippen molar-refractivity contribution in [2.24, 2.45) is 5.73 Å². The van der Waals surface area contributed by atoms with Crippen molar-refractivity contribution in [2.75, 3.05) is 0 Å². The summed E-state index contributed by atoms with van der Waals surface area (Å²) in [5, 5.41) is 8.42. The van der Waals surface area contributed by atoms with Gasteiger partial charge in [0.05, 0.1) is 6.42 Å². The third kappa shape index (κ3) is 4.14. The molecule has 3 N–H and O–H groups in total. The van der Waals surface area contributed by atoms with Crippen LogP contribution in [0, 0.1) is 0 Å². The molecule has 0 saturated carbocycles. The second kappa shape index (κ2) is 4.90. The van der Waals surface area contributed by atoms with Gasteiger partial charge in [-0.15, -0.1) is 0 Å². The van der Waals surface area contributed by atoms with Gasteiger partial charge in [-0.3, -0.25) is 4.79 Å². The average Bonchev–Trinajstić information content (AvgIpc) is 1.85. The van der Waals surface area contributed by atoms with E-state index in [1.807, 2.05) is 6.92 Å². The highest BCUT2D eigenvalue weighted by molar-refractivity contribution is 6.49. The van der Waals surface area contributed by atoms with Crippen molar-refractivity contribution < 1.29 is 9.90 Å². The SMILES string of the molecule is CCCC(Cl)(Cl)C(N)CC(=O)O. The van der Waals surface area contributed by atoms with Gasteiger partial charge in [0.1, 0.15) is 4.33 Å². The Hall–Kier alpha value is 0.01000. The molecule has 0 radical (unpaired) electrons. The zero-order chi connectivity index (χ0) is 9.78. The molecule has 5 heteroatoms. The van der Waals surface area contributed by atoms with Crippen molar-refractivity contribution in [1.82, 2.24) is 0 Å². The number of alkyl halides is 2. The minimum atomic E-state index is -1.12. The lowest BCUT2D eigenvalue weighted by atomic mass is 10.1. The second-order valence-electron chi connectivity index (χ2n) is 2.72. The number of nitrogens with two attached hydrogens (primary N) is 1. The molecule has 0 fully saturated rings. The molecule has 0 spiro atoms. The van der Waals surface area contributed by atoms with Crippen molar-refractivity contribution in [1.29, 1.82) is 0 Å². The Balaban J connectivity index is 4.04. The first-order valence-electron chi connectivity index (χ1n) is 3.75. The van der Waals surface area contributed by atoms with Gasteiger partial charge in [0, 0.05) is 6.04 Å². The lowest BCUT2D eigenvalue weighted by Crippen LogP contribution is -2.40. The number of halogens is 2. The van der Waals surface area contributed by atoms with Crippen LogP contribution in [0.2, 0.25) is 0 Å². The molecule has 0 aliphatic heterocycles. The first-order valence-corrected chi connectivity index (χ1v) is 4.51. The van der Waals surface area contributed by atoms with Gasteiger partial charge in [0.25, 0.3) is 0 Å². The van der Waals surface area contributed by atoms with E-state index < -0.39 is 16.3 Å². The lowest BCUT2D eigenvalue weighted by Gasteiger charge is -2.24. The number of carboxylic acids is 1. The van der Waals surface area contributed by atoms with E-state index in [0.717, 1.165) is 6.42 Å². The van der Waals surface area contributed by atoms with E-state index in [1.165, 1.54) is 0 Å². The fourth-order valence-corrected chi connectivity index (χ4v) is 1.39. The highest BCUT2D eigenvalue weighted by Crippen LogP contribution is 2.31. The van der Waals surface area contributed by atoms with Gasteiger partial charge in [-0.1, -0.05) is 36.5 Å². The Bertz CT molecular complexity index is 161. The van der Waals surface area contributed by atoms with Crippen molar-refractivity contribution in [3.63, 3.8) is 0 Å². The fourth-order valence-electron chi connectivity index (χ4n) is 0.856. The Labute approximate surface area is 81.8 Å². The summed E-state index contributed by atoms with van der Waals surface area (Å²) in [7, 11) is 0. The van der Waals surface area contributed by atoms with Crippen LogP contribution >= 0.6 is 23.2 Å². The van der Waals surface area contributed by atoms with Crippen molar-refractivity contribution in [3.05, 3.63) is 0 Å². The van der Waals surface area contributed by atoms with E-state index in [9.17, 15) is 4.79 Å². The zero-order valence-electron chi connectivity index (χ0n) is 6.89. The summed E-state index contributed by atoms with van der Waals surface area (Å²) in [6.07, 6.45) is 1.08. The van der Waals surface area contributed by atoms with E-state index in [-0.39, 0.29) is 6.42 Å². The molecule has 1 unspecified atom stereocenters. The van der Waals surface area contributed by atoms with Gasteiger partial charge in [-0.2, -0.15) is 0 Å². The number of hydrogen-bond donors (Lipinski definition) is 2. The number of rotatable bonds is 5. The van der Waals surface area contributed by atoms with Gasteiger partial charge >= 0.3 is 5.97 Å². The first-order chi connectivity index (χ1) is 5.40. The van der Waals surface area contributed by atoms with Crippen LogP contribution in [0.4, 0.5) is 0 Å². The Morgan fingerprint density at radius 1 is 1.67 bits per heavy atom. The molecule has 0 aromatic rings. The summed E-state index contributed by atoms with van der Waals surface area (Å²) < 4.78 is -1.12. The molecule has 0 saturated heterocycles. The van der Waals surface area contributed by atoms with Gasteiger partial charge in [-0.25, -0.2) is 0 Å². The quantitative estimate of drug-likeness (QED) is 0.685. The maximum absolute atomic E-state index is 10.3. The summed E-state index contributed by atoms with van der Waals surface area (Å²) in [5.41, 5.74) is 5.49. The van der Waals surface area contributed by atoms with Crippen LogP contribution in [-0.4, -0.2) is 21.5 Å². The Morgan fingerprint density at radius 3 is 2.50 bits per heavy atom. The van der Waals surface area contributed by atoms with E-state index >= 15 is 0 Å². The molecule has 0 aliphatic carbocycles. The van der Waals surface area contributed by atoms with E-state index in [4.69, 9.17) is 34.0 Å². The fraction of sp³-hybridized carbons (Fsp3) is 0.857. The summed E-state index contributed by atoms with van der Waals surface area (Å²) in [4.78, 5) is 10.3. The molecule has 0 aliphatic rings. The Kier molecular flexibility index (Phi) is 4.90. The van der Waals surface area contributed by atoms with Crippen LogP contribution in [0.1, 0.15) is 26.2 Å². The maximum Gasteiger partial charge on any atom is 0.305 e. The number of carboxylic acid groups (broad SMARTS) is 1. The number of aliphatic carboxylic acids is 1. The minimum Gasteiger partial charge on any atom is -0.481 e. The van der Waals surface area contributed by atoms with Gasteiger partial charge < -0.3 is 10.8 Å². The summed E-state index contributed by atoms with van der Waals surface area (Å²) in [6.45, 7) is 1.91. The predicted molar refractivity (Wildman–Crippen MR) is 49.6 cm³/mol. The summed E-state index contributed by atoms with van der Waals surface area (Å²) in [5.74, 6) is -0.982. The van der Waals surface area contributed by atoms with Crippen LogP contribution < -0.4 is 5.73 Å². The van der Waals surface area contributed by atoms with Crippen molar-refractivity contribution in [3.8, 4) is 0 Å². The highest BCUT2D eigenvalue weighted by Gasteiger charge is 2.32. The van der Waals surface area contributed by atoms with Crippen LogP contribution in [0.5, 0.6) is 0 Å². The van der Waals surface area contributed by atoms with E-state index in [1.54, 1.807) is 0 Å². The van der Waals surface area contributed by atoms with Crippen LogP contribution in [-0.2, 0) is 4.79 Å². The predicted octanol–water partition coefficient (Wildman–Crippen LogP) is 1.76. The third-order valence-corrected chi connectivity index (χ3v) is 2.46. The molecule has 3 nitrogen and oxygen atoms in total. The minimum absolute atomic E-state index is 0.201. The van der Waals surface area contributed by atoms with Crippen molar-refractivity contribution in [2.45, 2.75) is 36.6 Å². The lowest BCUT2D eigenvalue weighted by molar-refractivity contribution is -0.137. The van der Waals surface area contributed by atoms with Crippen LogP contribution in [0.3, 0.4) is 0 Å². The smallest absolute Gasteiger partial charge is 0.305 e. The molecule has 0 aromatic carbocycles.